The molecule has 1 heterocycles. The minimum atomic E-state index is -1.15. The number of halogens is 2. The molecule has 1 aromatic heterocycles. The minimum absolute atomic E-state index is 0.196. The van der Waals surface area contributed by atoms with Crippen LogP contribution in [-0.4, -0.2) is 32.1 Å². The molecular formula is C18H21Cl2N3O2. The second kappa shape index (κ2) is 8.09. The summed E-state index contributed by atoms with van der Waals surface area (Å²) < 4.78 is 7.33. The van der Waals surface area contributed by atoms with Gasteiger partial charge in [-0.1, -0.05) is 37.0 Å². The molecule has 0 aliphatic rings. The number of terminal acetylenes is 1. The molecule has 0 saturated heterocycles. The standard InChI is InChI=1S/C18H21Cl2N3O2/c1-4-7-18(24,11-23-13-21-12-22-23)17(2,3)8-9-25-16-6-5-14(19)10-15(16)20/h1,5-6,10,12-13,24H,7-9,11H2,2-3H3. The summed E-state index contributed by atoms with van der Waals surface area (Å²) in [5.74, 6) is 3.12. The van der Waals surface area contributed by atoms with E-state index in [2.05, 4.69) is 16.0 Å². The highest BCUT2D eigenvalue weighted by molar-refractivity contribution is 6.35. The molecule has 0 fully saturated rings. The van der Waals surface area contributed by atoms with Crippen LogP contribution in [0.3, 0.4) is 0 Å². The van der Waals surface area contributed by atoms with Gasteiger partial charge in [-0.05, 0) is 30.0 Å². The fraction of sp³-hybridized carbons (Fsp3) is 0.444. The van der Waals surface area contributed by atoms with Gasteiger partial charge >= 0.3 is 0 Å². The van der Waals surface area contributed by atoms with Gasteiger partial charge in [0.15, 0.2) is 0 Å². The van der Waals surface area contributed by atoms with E-state index in [4.69, 9.17) is 34.4 Å². The number of aromatic nitrogens is 3. The van der Waals surface area contributed by atoms with Crippen LogP contribution in [0.2, 0.25) is 10.0 Å². The Morgan fingerprint density at radius 2 is 2.12 bits per heavy atom. The summed E-state index contributed by atoms with van der Waals surface area (Å²) in [5, 5.41) is 16.2. The SMILES string of the molecule is C#CCC(O)(Cn1cncn1)C(C)(C)CCOc1ccc(Cl)cc1Cl. The molecule has 0 aliphatic heterocycles. The topological polar surface area (TPSA) is 60.2 Å². The molecule has 0 radical (unpaired) electrons. The number of benzene rings is 1. The minimum Gasteiger partial charge on any atom is -0.492 e. The lowest BCUT2D eigenvalue weighted by Gasteiger charge is -2.41. The first-order valence-corrected chi connectivity index (χ1v) is 8.59. The second-order valence-corrected chi connectivity index (χ2v) is 7.41. The number of hydrogen-bond acceptors (Lipinski definition) is 4. The van der Waals surface area contributed by atoms with E-state index in [1.165, 1.54) is 6.33 Å². The molecule has 0 bridgehead atoms. The van der Waals surface area contributed by atoms with Gasteiger partial charge in [0.25, 0.3) is 0 Å². The van der Waals surface area contributed by atoms with E-state index < -0.39 is 11.0 Å². The zero-order valence-electron chi connectivity index (χ0n) is 14.2. The van der Waals surface area contributed by atoms with E-state index in [1.54, 1.807) is 29.2 Å². The van der Waals surface area contributed by atoms with Gasteiger partial charge in [-0.3, -0.25) is 4.68 Å². The van der Waals surface area contributed by atoms with Crippen LogP contribution < -0.4 is 4.74 Å². The summed E-state index contributed by atoms with van der Waals surface area (Å²) in [6.45, 7) is 4.53. The number of aliphatic hydroxyl groups is 1. The molecule has 1 atom stereocenters. The average Bonchev–Trinajstić information content (AvgIpc) is 3.02. The maximum Gasteiger partial charge on any atom is 0.137 e. The van der Waals surface area contributed by atoms with E-state index in [0.29, 0.717) is 28.8 Å². The van der Waals surface area contributed by atoms with Gasteiger partial charge < -0.3 is 9.84 Å². The second-order valence-electron chi connectivity index (χ2n) is 6.56. The van der Waals surface area contributed by atoms with Crippen LogP contribution in [0, 0.1) is 17.8 Å². The fourth-order valence-corrected chi connectivity index (χ4v) is 2.96. The van der Waals surface area contributed by atoms with Crippen LogP contribution in [0.1, 0.15) is 26.7 Å². The predicted octanol–water partition coefficient (Wildman–Crippen LogP) is 3.83. The molecule has 1 N–H and O–H groups in total. The van der Waals surface area contributed by atoms with E-state index in [-0.39, 0.29) is 13.0 Å². The molecule has 1 unspecified atom stereocenters. The van der Waals surface area contributed by atoms with Crippen molar-refractivity contribution in [1.82, 2.24) is 14.8 Å². The van der Waals surface area contributed by atoms with Crippen molar-refractivity contribution < 1.29 is 9.84 Å². The highest BCUT2D eigenvalue weighted by atomic mass is 35.5. The zero-order valence-corrected chi connectivity index (χ0v) is 15.8. The quantitative estimate of drug-likeness (QED) is 0.705. The van der Waals surface area contributed by atoms with Crippen molar-refractivity contribution in [2.75, 3.05) is 6.61 Å². The van der Waals surface area contributed by atoms with Crippen LogP contribution >= 0.6 is 23.2 Å². The predicted molar refractivity (Wildman–Crippen MR) is 98.8 cm³/mol. The smallest absolute Gasteiger partial charge is 0.137 e. The summed E-state index contributed by atoms with van der Waals surface area (Å²) >= 11 is 12.0. The monoisotopic (exact) mass is 381 g/mol. The maximum absolute atomic E-state index is 11.2. The fourth-order valence-electron chi connectivity index (χ4n) is 2.50. The van der Waals surface area contributed by atoms with Gasteiger partial charge in [0.05, 0.1) is 18.2 Å². The van der Waals surface area contributed by atoms with Crippen molar-refractivity contribution in [3.63, 3.8) is 0 Å². The number of nitrogens with zero attached hydrogens (tertiary/aromatic N) is 3. The van der Waals surface area contributed by atoms with Crippen molar-refractivity contribution >= 4 is 23.2 Å². The van der Waals surface area contributed by atoms with Gasteiger partial charge in [0.1, 0.15) is 24.0 Å². The molecule has 5 nitrogen and oxygen atoms in total. The molecule has 0 amide bonds. The first kappa shape index (κ1) is 19.6. The molecule has 2 rings (SSSR count). The highest BCUT2D eigenvalue weighted by Crippen LogP contribution is 2.38. The Kier molecular flexibility index (Phi) is 6.34. The Bertz CT molecular complexity index is 741. The van der Waals surface area contributed by atoms with Crippen LogP contribution in [-0.2, 0) is 6.54 Å². The van der Waals surface area contributed by atoms with E-state index in [0.717, 1.165) is 0 Å². The number of ether oxygens (including phenoxy) is 1. The first-order chi connectivity index (χ1) is 11.8. The van der Waals surface area contributed by atoms with Gasteiger partial charge in [-0.2, -0.15) is 5.10 Å². The van der Waals surface area contributed by atoms with Crippen molar-refractivity contribution in [1.29, 1.82) is 0 Å². The lowest BCUT2D eigenvalue weighted by Crippen LogP contribution is -2.48. The molecular weight excluding hydrogens is 361 g/mol. The number of hydrogen-bond donors (Lipinski definition) is 1. The third kappa shape index (κ3) is 4.88. The summed E-state index contributed by atoms with van der Waals surface area (Å²) in [5.41, 5.74) is -1.67. The third-order valence-electron chi connectivity index (χ3n) is 4.42. The molecule has 0 saturated carbocycles. The first-order valence-electron chi connectivity index (χ1n) is 7.83. The van der Waals surface area contributed by atoms with Crippen molar-refractivity contribution in [3.8, 4) is 18.1 Å². The molecule has 134 valence electrons. The van der Waals surface area contributed by atoms with E-state index >= 15 is 0 Å². The van der Waals surface area contributed by atoms with Crippen LogP contribution in [0.4, 0.5) is 0 Å². The summed E-state index contributed by atoms with van der Waals surface area (Å²) in [6, 6.07) is 5.07. The average molecular weight is 382 g/mol. The van der Waals surface area contributed by atoms with Crippen LogP contribution in [0.5, 0.6) is 5.75 Å². The van der Waals surface area contributed by atoms with Crippen molar-refractivity contribution in [3.05, 3.63) is 40.9 Å². The highest BCUT2D eigenvalue weighted by Gasteiger charge is 2.43. The molecule has 7 heteroatoms. The Morgan fingerprint density at radius 3 is 2.72 bits per heavy atom. The van der Waals surface area contributed by atoms with Crippen molar-refractivity contribution in [2.45, 2.75) is 38.8 Å². The molecule has 0 aliphatic carbocycles. The third-order valence-corrected chi connectivity index (χ3v) is 4.95. The summed E-state index contributed by atoms with van der Waals surface area (Å²) in [7, 11) is 0. The largest absolute Gasteiger partial charge is 0.492 e. The zero-order chi connectivity index (χ0) is 18.5. The summed E-state index contributed by atoms with van der Waals surface area (Å²) in [4.78, 5) is 3.91. The normalized spacial score (nSPS) is 13.9. The van der Waals surface area contributed by atoms with Gasteiger partial charge in [-0.25, -0.2) is 4.98 Å². The Labute approximate surface area is 157 Å². The van der Waals surface area contributed by atoms with Crippen molar-refractivity contribution in [2.24, 2.45) is 5.41 Å². The Balaban J connectivity index is 2.05. The molecule has 25 heavy (non-hydrogen) atoms. The van der Waals surface area contributed by atoms with Crippen LogP contribution in [0.15, 0.2) is 30.9 Å². The Morgan fingerprint density at radius 1 is 1.36 bits per heavy atom. The number of rotatable bonds is 8. The lowest BCUT2D eigenvalue weighted by atomic mass is 9.71. The van der Waals surface area contributed by atoms with E-state index in [9.17, 15) is 5.11 Å². The van der Waals surface area contributed by atoms with E-state index in [1.807, 2.05) is 13.8 Å². The maximum atomic E-state index is 11.2. The van der Waals surface area contributed by atoms with Crippen LogP contribution in [0.25, 0.3) is 0 Å². The Hall–Kier alpha value is -1.74. The molecule has 0 spiro atoms. The lowest BCUT2D eigenvalue weighted by molar-refractivity contribution is -0.0861. The van der Waals surface area contributed by atoms with Gasteiger partial charge in [0, 0.05) is 11.4 Å². The van der Waals surface area contributed by atoms with Gasteiger partial charge in [-0.15, -0.1) is 12.3 Å². The van der Waals surface area contributed by atoms with Gasteiger partial charge in [0.2, 0.25) is 0 Å². The summed E-state index contributed by atoms with van der Waals surface area (Å²) in [6.07, 6.45) is 9.22. The molecule has 2 aromatic rings. The molecule has 1 aromatic carbocycles.